The second kappa shape index (κ2) is 3.88. The van der Waals surface area contributed by atoms with Crippen LogP contribution >= 0.6 is 0 Å². The van der Waals surface area contributed by atoms with E-state index in [0.29, 0.717) is 6.42 Å². The fourth-order valence-corrected chi connectivity index (χ4v) is 0.376. The number of amides is 2. The van der Waals surface area contributed by atoms with E-state index in [1.54, 1.807) is 6.92 Å². The molecular weight excluding hydrogens is 122 g/mol. The number of carbonyl (C=O) groups is 2. The zero-order chi connectivity index (χ0) is 7.28. The Labute approximate surface area is 52.9 Å². The highest BCUT2D eigenvalue weighted by molar-refractivity contribution is 5.90. The molecule has 0 bridgehead atoms. The van der Waals surface area contributed by atoms with E-state index >= 15 is 0 Å². The van der Waals surface area contributed by atoms with Crippen LogP contribution in [-0.4, -0.2) is 17.1 Å². The lowest BCUT2D eigenvalue weighted by Gasteiger charge is -1.90. The van der Waals surface area contributed by atoms with Crippen LogP contribution in [0.25, 0.3) is 0 Å². The molecule has 0 aliphatic heterocycles. The van der Waals surface area contributed by atoms with Gasteiger partial charge in [0.2, 0.25) is 0 Å². The summed E-state index contributed by atoms with van der Waals surface area (Å²) in [5.41, 5.74) is 0. The van der Waals surface area contributed by atoms with E-state index in [-0.39, 0.29) is 6.42 Å². The smallest absolute Gasteiger partial charge is 0.434 e. The van der Waals surface area contributed by atoms with Gasteiger partial charge in [0, 0.05) is 6.42 Å². The third kappa shape index (κ3) is 4.80. The van der Waals surface area contributed by atoms with Crippen molar-refractivity contribution in [1.29, 1.82) is 0 Å². The molecule has 1 N–H and O–H groups in total. The van der Waals surface area contributed by atoms with Gasteiger partial charge in [-0.25, -0.2) is 4.79 Å². The highest BCUT2D eigenvalue weighted by atomic mass is 16.4. The number of hydrogen-bond acceptors (Lipinski definition) is 2. The molecule has 0 aliphatic carbocycles. The molecule has 1 radical (unpaired) electrons. The third-order valence-electron chi connectivity index (χ3n) is 0.684. The molecule has 2 amide bonds. The molecule has 0 heterocycles. The SMILES string of the molecule is CCCC(=O)[N]C(=O)O. The number of carboxylic acid groups (broad SMARTS) is 1. The molecule has 0 atom stereocenters. The zero-order valence-electron chi connectivity index (χ0n) is 5.13. The molecule has 4 heteroatoms. The van der Waals surface area contributed by atoms with Gasteiger partial charge in [-0.1, -0.05) is 6.92 Å². The molecule has 0 unspecified atom stereocenters. The number of rotatable bonds is 2. The van der Waals surface area contributed by atoms with Crippen LogP contribution in [0.5, 0.6) is 0 Å². The predicted molar refractivity (Wildman–Crippen MR) is 30.1 cm³/mol. The first-order valence-electron chi connectivity index (χ1n) is 2.64. The van der Waals surface area contributed by atoms with Gasteiger partial charge in [0.15, 0.2) is 0 Å². The predicted octanol–water partition coefficient (Wildman–Crippen LogP) is 0.595. The van der Waals surface area contributed by atoms with Crippen molar-refractivity contribution in [1.82, 2.24) is 5.32 Å². The largest absolute Gasteiger partial charge is 0.463 e. The van der Waals surface area contributed by atoms with Crippen molar-refractivity contribution in [2.75, 3.05) is 0 Å². The fraction of sp³-hybridized carbons (Fsp3) is 0.600. The molecule has 0 fully saturated rings. The van der Waals surface area contributed by atoms with Crippen LogP contribution in [0.3, 0.4) is 0 Å². The summed E-state index contributed by atoms with van der Waals surface area (Å²) < 4.78 is 0. The normalized spacial score (nSPS) is 8.56. The number of nitrogens with zero attached hydrogens (tertiary/aromatic N) is 1. The lowest BCUT2D eigenvalue weighted by Crippen LogP contribution is -2.20. The van der Waals surface area contributed by atoms with Crippen LogP contribution in [0, 0.1) is 0 Å². The molecular formula is C5H8NO3. The molecule has 0 aromatic carbocycles. The molecule has 51 valence electrons. The Bertz CT molecular complexity index is 121. The minimum atomic E-state index is -1.41. The molecule has 0 aromatic rings. The Balaban J connectivity index is 3.39. The summed E-state index contributed by atoms with van der Waals surface area (Å²) in [4.78, 5) is 20.0. The molecule has 9 heavy (non-hydrogen) atoms. The van der Waals surface area contributed by atoms with Gasteiger partial charge in [-0.2, -0.15) is 0 Å². The molecule has 0 rings (SSSR count). The summed E-state index contributed by atoms with van der Waals surface area (Å²) in [5.74, 6) is -0.565. The third-order valence-corrected chi connectivity index (χ3v) is 0.684. The highest BCUT2D eigenvalue weighted by Crippen LogP contribution is 1.85. The zero-order valence-corrected chi connectivity index (χ0v) is 5.13. The van der Waals surface area contributed by atoms with Crippen molar-refractivity contribution in [3.8, 4) is 0 Å². The van der Waals surface area contributed by atoms with E-state index in [9.17, 15) is 9.59 Å². The Morgan fingerprint density at radius 2 is 2.11 bits per heavy atom. The maximum atomic E-state index is 10.3. The van der Waals surface area contributed by atoms with Gasteiger partial charge < -0.3 is 5.11 Å². The van der Waals surface area contributed by atoms with E-state index in [1.165, 1.54) is 0 Å². The Hall–Kier alpha value is -1.06. The number of hydrogen-bond donors (Lipinski definition) is 1. The minimum absolute atomic E-state index is 0.215. The second-order valence-corrected chi connectivity index (χ2v) is 1.54. The first-order valence-corrected chi connectivity index (χ1v) is 2.64. The Kier molecular flexibility index (Phi) is 3.43. The lowest BCUT2D eigenvalue weighted by atomic mass is 10.3. The van der Waals surface area contributed by atoms with Crippen molar-refractivity contribution in [2.24, 2.45) is 0 Å². The molecule has 0 aromatic heterocycles. The van der Waals surface area contributed by atoms with E-state index in [4.69, 9.17) is 5.11 Å². The second-order valence-electron chi connectivity index (χ2n) is 1.54. The number of carbonyl (C=O) groups excluding carboxylic acids is 1. The molecule has 0 aliphatic rings. The average Bonchev–Trinajstić information content (AvgIpc) is 1.63. The average molecular weight is 130 g/mol. The van der Waals surface area contributed by atoms with Gasteiger partial charge in [-0.15, -0.1) is 5.32 Å². The maximum Gasteiger partial charge on any atom is 0.434 e. The van der Waals surface area contributed by atoms with Crippen molar-refractivity contribution in [2.45, 2.75) is 19.8 Å². The highest BCUT2D eigenvalue weighted by Gasteiger charge is 2.05. The Morgan fingerprint density at radius 3 is 2.44 bits per heavy atom. The van der Waals surface area contributed by atoms with Gasteiger partial charge in [-0.05, 0) is 6.42 Å². The summed E-state index contributed by atoms with van der Waals surface area (Å²) >= 11 is 0. The van der Waals surface area contributed by atoms with Crippen molar-refractivity contribution in [3.05, 3.63) is 0 Å². The maximum absolute atomic E-state index is 10.3. The molecule has 0 saturated heterocycles. The standard InChI is InChI=1S/C5H8NO3/c1-2-3-4(7)6-5(8)9/h2-3H2,1H3,(H,8,9). The lowest BCUT2D eigenvalue weighted by molar-refractivity contribution is -0.120. The van der Waals surface area contributed by atoms with E-state index in [2.05, 4.69) is 5.32 Å². The van der Waals surface area contributed by atoms with Crippen LogP contribution in [0.4, 0.5) is 4.79 Å². The van der Waals surface area contributed by atoms with Crippen molar-refractivity contribution < 1.29 is 14.7 Å². The van der Waals surface area contributed by atoms with Crippen molar-refractivity contribution in [3.63, 3.8) is 0 Å². The van der Waals surface area contributed by atoms with Gasteiger partial charge in [0.25, 0.3) is 5.91 Å². The molecule has 0 saturated carbocycles. The van der Waals surface area contributed by atoms with Crippen LogP contribution in [0.2, 0.25) is 0 Å². The van der Waals surface area contributed by atoms with Crippen LogP contribution in [0.15, 0.2) is 0 Å². The van der Waals surface area contributed by atoms with Gasteiger partial charge in [0.05, 0.1) is 0 Å². The first-order chi connectivity index (χ1) is 4.16. The molecule has 0 spiro atoms. The van der Waals surface area contributed by atoms with Crippen LogP contribution in [0.1, 0.15) is 19.8 Å². The molecule has 4 nitrogen and oxygen atoms in total. The monoisotopic (exact) mass is 130 g/mol. The van der Waals surface area contributed by atoms with E-state index in [1.807, 2.05) is 0 Å². The Morgan fingerprint density at radius 1 is 1.56 bits per heavy atom. The van der Waals surface area contributed by atoms with Gasteiger partial charge in [-0.3, -0.25) is 4.79 Å². The van der Waals surface area contributed by atoms with E-state index in [0.717, 1.165) is 0 Å². The van der Waals surface area contributed by atoms with Crippen LogP contribution < -0.4 is 5.32 Å². The summed E-state index contributed by atoms with van der Waals surface area (Å²) in [7, 11) is 0. The quantitative estimate of drug-likeness (QED) is 0.594. The first kappa shape index (κ1) is 7.94. The van der Waals surface area contributed by atoms with Crippen molar-refractivity contribution >= 4 is 12.0 Å². The summed E-state index contributed by atoms with van der Waals surface area (Å²) in [6.07, 6.45) is -0.560. The minimum Gasteiger partial charge on any atom is -0.463 e. The summed E-state index contributed by atoms with van der Waals surface area (Å²) in [6, 6.07) is 0. The number of imide groups is 1. The summed E-state index contributed by atoms with van der Waals surface area (Å²) in [5, 5.41) is 10.7. The van der Waals surface area contributed by atoms with Gasteiger partial charge >= 0.3 is 6.09 Å². The fourth-order valence-electron chi connectivity index (χ4n) is 0.376. The topological polar surface area (TPSA) is 68.5 Å². The van der Waals surface area contributed by atoms with Gasteiger partial charge in [0.1, 0.15) is 0 Å². The summed E-state index contributed by atoms with van der Waals surface area (Å²) in [6.45, 7) is 1.79. The van der Waals surface area contributed by atoms with Crippen LogP contribution in [-0.2, 0) is 4.79 Å². The van der Waals surface area contributed by atoms with E-state index < -0.39 is 12.0 Å².